The molecule has 11 heteroatoms. The van der Waals surface area contributed by atoms with E-state index in [1.54, 1.807) is 6.08 Å². The normalized spacial score (nSPS) is 19.3. The lowest BCUT2D eigenvalue weighted by atomic mass is 9.94. The summed E-state index contributed by atoms with van der Waals surface area (Å²) in [5, 5.41) is 22.0. The van der Waals surface area contributed by atoms with E-state index in [1.807, 2.05) is 34.6 Å². The van der Waals surface area contributed by atoms with Crippen LogP contribution in [0.3, 0.4) is 0 Å². The van der Waals surface area contributed by atoms with Crippen LogP contribution in [0.15, 0.2) is 27.9 Å². The maximum absolute atomic E-state index is 12.5. The van der Waals surface area contributed by atoms with Crippen molar-refractivity contribution in [1.82, 2.24) is 15.3 Å². The Morgan fingerprint density at radius 2 is 1.39 bits per heavy atom. The van der Waals surface area contributed by atoms with E-state index >= 15 is 0 Å². The molecule has 4 heterocycles. The monoisotopic (exact) mass is 622 g/mol. The number of allylic oxidation sites excluding steroid dienone is 2. The number of hydrogen-bond donors (Lipinski definition) is 6. The molecular weight excluding hydrogens is 580 g/mol. The molecule has 0 fully saturated rings. The fraction of sp³-hybridized carbons (Fsp3) is 0.485. The van der Waals surface area contributed by atoms with Gasteiger partial charge in [-0.05, 0) is 80.5 Å². The minimum Gasteiger partial charge on any atom is -0.481 e. The van der Waals surface area contributed by atoms with Crippen LogP contribution in [0.25, 0.3) is 0 Å². The van der Waals surface area contributed by atoms with Crippen LogP contribution in [-0.2, 0) is 51.3 Å². The highest BCUT2D eigenvalue weighted by atomic mass is 32.1. The topological polar surface area (TPSA) is 165 Å². The minimum absolute atomic E-state index is 0.0331. The van der Waals surface area contributed by atoms with Gasteiger partial charge in [-0.1, -0.05) is 13.0 Å². The Balaban J connectivity index is 1.73. The number of nitrogens with zero attached hydrogens (tertiary/aromatic N) is 1. The van der Waals surface area contributed by atoms with Crippen molar-refractivity contribution in [3.8, 4) is 0 Å². The molecular formula is C33H42N4O6S. The molecule has 1 unspecified atom stereocenters. The van der Waals surface area contributed by atoms with Gasteiger partial charge in [0.2, 0.25) is 5.91 Å². The summed E-state index contributed by atoms with van der Waals surface area (Å²) in [6.45, 7) is 9.62. The van der Waals surface area contributed by atoms with Gasteiger partial charge in [0.25, 0.3) is 5.91 Å². The first-order valence-corrected chi connectivity index (χ1v) is 15.7. The Morgan fingerprint density at radius 1 is 0.841 bits per heavy atom. The van der Waals surface area contributed by atoms with Crippen molar-refractivity contribution in [2.24, 2.45) is 16.8 Å². The third kappa shape index (κ3) is 6.93. The summed E-state index contributed by atoms with van der Waals surface area (Å²) in [6, 6.07) is 0. The van der Waals surface area contributed by atoms with Crippen molar-refractivity contribution < 1.29 is 29.4 Å². The molecule has 2 aliphatic rings. The molecule has 2 amide bonds. The van der Waals surface area contributed by atoms with Crippen molar-refractivity contribution in [2.75, 3.05) is 5.75 Å². The molecule has 5 N–H and O–H groups in total. The van der Waals surface area contributed by atoms with Gasteiger partial charge in [-0.3, -0.25) is 19.2 Å². The zero-order valence-corrected chi connectivity index (χ0v) is 26.9. The highest BCUT2D eigenvalue weighted by Gasteiger charge is 2.31. The number of carboxylic acids is 2. The van der Waals surface area contributed by atoms with Gasteiger partial charge in [0, 0.05) is 77.8 Å². The van der Waals surface area contributed by atoms with E-state index in [0.29, 0.717) is 49.9 Å². The molecule has 236 valence electrons. The number of carbonyl (C=O) groups excluding carboxylic acids is 2. The van der Waals surface area contributed by atoms with Gasteiger partial charge in [0.05, 0.1) is 5.92 Å². The molecule has 2 aromatic heterocycles. The van der Waals surface area contributed by atoms with E-state index in [1.165, 1.54) is 0 Å². The van der Waals surface area contributed by atoms with Crippen LogP contribution < -0.4 is 5.32 Å². The third-order valence-electron chi connectivity index (χ3n) is 9.11. The van der Waals surface area contributed by atoms with Crippen LogP contribution >= 0.6 is 12.6 Å². The predicted octanol–water partition coefficient (Wildman–Crippen LogP) is 4.57. The average molecular weight is 623 g/mol. The molecule has 0 saturated carbocycles. The van der Waals surface area contributed by atoms with Crippen LogP contribution in [0.4, 0.5) is 0 Å². The van der Waals surface area contributed by atoms with Crippen molar-refractivity contribution in [1.29, 1.82) is 0 Å². The summed E-state index contributed by atoms with van der Waals surface area (Å²) >= 11 is 4.38. The summed E-state index contributed by atoms with van der Waals surface area (Å²) in [6.07, 6.45) is 4.41. The highest BCUT2D eigenvalue weighted by molar-refractivity contribution is 7.80. The van der Waals surface area contributed by atoms with Crippen molar-refractivity contribution in [3.05, 3.63) is 67.9 Å². The van der Waals surface area contributed by atoms with E-state index in [0.717, 1.165) is 62.0 Å². The lowest BCUT2D eigenvalue weighted by Gasteiger charge is -2.08. The van der Waals surface area contributed by atoms with Gasteiger partial charge in [-0.15, -0.1) is 0 Å². The molecule has 0 saturated heterocycles. The van der Waals surface area contributed by atoms with E-state index in [4.69, 9.17) is 0 Å². The summed E-state index contributed by atoms with van der Waals surface area (Å²) in [5.74, 6) is -1.73. The number of hydrogen-bond acceptors (Lipinski definition) is 5. The van der Waals surface area contributed by atoms with E-state index in [-0.39, 0.29) is 36.5 Å². The number of thiol groups is 1. The van der Waals surface area contributed by atoms with Crippen molar-refractivity contribution in [3.63, 3.8) is 0 Å². The van der Waals surface area contributed by atoms with E-state index < -0.39 is 11.9 Å². The number of carbonyl (C=O) groups is 4. The standard InChI is InChI=1S/C33H42N4O6S/c1-6-20-16(2)26(36-33(20)43)13-24-17(3)21(7-9-30(38)39)27(34-24)15-28-22(8-10-31(40)41)18(4)25(35-28)14-29-23(11-12-44)19(5)32(42)37-29/h6,16,19,34-35,44H,7-15H2,1-5H3,(H,37,42)(H,38,39)(H,40,41)/b20-6-/t16?,19-/m0/s1. The smallest absolute Gasteiger partial charge is 0.303 e. The Morgan fingerprint density at radius 3 is 1.86 bits per heavy atom. The summed E-state index contributed by atoms with van der Waals surface area (Å²) < 4.78 is 0. The molecule has 4 rings (SSSR count). The van der Waals surface area contributed by atoms with Gasteiger partial charge in [0.1, 0.15) is 0 Å². The third-order valence-corrected chi connectivity index (χ3v) is 9.34. The molecule has 2 aliphatic heterocycles. The summed E-state index contributed by atoms with van der Waals surface area (Å²) in [7, 11) is 0. The molecule has 44 heavy (non-hydrogen) atoms. The van der Waals surface area contributed by atoms with Crippen molar-refractivity contribution in [2.45, 2.75) is 86.0 Å². The Kier molecular flexibility index (Phi) is 10.4. The second kappa shape index (κ2) is 13.8. The molecule has 0 spiro atoms. The van der Waals surface area contributed by atoms with E-state index in [9.17, 15) is 29.4 Å². The van der Waals surface area contributed by atoms with Gasteiger partial charge < -0.3 is 25.5 Å². The first kappa shape index (κ1) is 33.0. The molecule has 0 radical (unpaired) electrons. The molecule has 2 atom stereocenters. The lowest BCUT2D eigenvalue weighted by Crippen LogP contribution is -2.20. The van der Waals surface area contributed by atoms with Gasteiger partial charge in [-0.25, -0.2) is 4.99 Å². The first-order valence-electron chi connectivity index (χ1n) is 15.1. The maximum atomic E-state index is 12.5. The van der Waals surface area contributed by atoms with Gasteiger partial charge in [-0.2, -0.15) is 12.6 Å². The largest absolute Gasteiger partial charge is 0.481 e. The maximum Gasteiger partial charge on any atom is 0.303 e. The minimum atomic E-state index is -0.895. The zero-order valence-electron chi connectivity index (χ0n) is 26.0. The Bertz CT molecular complexity index is 1590. The summed E-state index contributed by atoms with van der Waals surface area (Å²) in [5.41, 5.74) is 10.5. The number of aromatic nitrogens is 2. The Hall–Kier alpha value is -3.86. The number of aliphatic imine (C=N–C) groups is 1. The van der Waals surface area contributed by atoms with Crippen LogP contribution in [0, 0.1) is 25.7 Å². The van der Waals surface area contributed by atoms with Crippen LogP contribution in [-0.4, -0.2) is 55.4 Å². The SMILES string of the molecule is C/C=C1\C(=O)N=C(Cc2[nH]c(Cc3[nH]c(CC4=C(CCS)[C@H](C)C(=O)N4)c(C)c3CCC(=O)O)c(CCC(=O)O)c2C)C1C. The molecule has 0 aliphatic carbocycles. The number of aliphatic carboxylic acids is 2. The van der Waals surface area contributed by atoms with E-state index in [2.05, 4.69) is 32.9 Å². The second-order valence-electron chi connectivity index (χ2n) is 11.8. The van der Waals surface area contributed by atoms with Gasteiger partial charge >= 0.3 is 11.9 Å². The highest BCUT2D eigenvalue weighted by Crippen LogP contribution is 2.32. The molecule has 2 aromatic rings. The predicted molar refractivity (Wildman–Crippen MR) is 171 cm³/mol. The number of nitrogens with one attached hydrogen (secondary N) is 3. The molecule has 0 bridgehead atoms. The molecule has 10 nitrogen and oxygen atoms in total. The lowest BCUT2D eigenvalue weighted by molar-refractivity contribution is -0.138. The first-order chi connectivity index (χ1) is 20.9. The van der Waals surface area contributed by atoms with Gasteiger partial charge in [0.15, 0.2) is 0 Å². The van der Waals surface area contributed by atoms with Crippen molar-refractivity contribution >= 4 is 42.1 Å². The number of carboxylic acid groups (broad SMARTS) is 2. The van der Waals surface area contributed by atoms with Crippen LogP contribution in [0.2, 0.25) is 0 Å². The zero-order chi connectivity index (χ0) is 32.3. The number of rotatable bonds is 14. The number of aromatic amines is 2. The Labute approximate surface area is 262 Å². The quantitative estimate of drug-likeness (QED) is 0.133. The fourth-order valence-electron chi connectivity index (χ4n) is 6.48. The molecule has 0 aromatic carbocycles. The number of amides is 2. The van der Waals surface area contributed by atoms with Crippen LogP contribution in [0.1, 0.15) is 85.1 Å². The fourth-order valence-corrected chi connectivity index (χ4v) is 6.72. The average Bonchev–Trinajstić information content (AvgIpc) is 3.60. The second-order valence-corrected chi connectivity index (χ2v) is 12.2. The number of H-pyrrole nitrogens is 2. The summed E-state index contributed by atoms with van der Waals surface area (Å²) in [4.78, 5) is 59.4. The van der Waals surface area contributed by atoms with Crippen LogP contribution in [0.5, 0.6) is 0 Å².